The molecule has 0 aliphatic heterocycles. The number of nitrogen functional groups attached to an aromatic ring is 1. The van der Waals surface area contributed by atoms with E-state index in [1.807, 2.05) is 26.8 Å². The molecule has 0 radical (unpaired) electrons. The van der Waals surface area contributed by atoms with E-state index in [0.29, 0.717) is 5.69 Å². The van der Waals surface area contributed by atoms with Crippen LogP contribution in [0.2, 0.25) is 0 Å². The molecule has 0 atom stereocenters. The fraction of sp³-hybridized carbons (Fsp3) is 0.455. The molecule has 0 amide bonds. The van der Waals surface area contributed by atoms with Gasteiger partial charge in [0.15, 0.2) is 9.84 Å². The smallest absolute Gasteiger partial charge is 0.180 e. The molecule has 30 heavy (non-hydrogen) atoms. The summed E-state index contributed by atoms with van der Waals surface area (Å²) in [6.45, 7) is 11.8. The summed E-state index contributed by atoms with van der Waals surface area (Å²) in [5.41, 5.74) is 8.05. The average Bonchev–Trinajstić information content (AvgIpc) is 2.59. The maximum Gasteiger partial charge on any atom is 0.180 e. The molecule has 2 rings (SSSR count). The molecule has 0 fully saturated rings. The van der Waals surface area contributed by atoms with Gasteiger partial charge in [-0.05, 0) is 40.7 Å². The van der Waals surface area contributed by atoms with E-state index in [1.54, 1.807) is 6.07 Å². The number of aliphatic hydroxyl groups excluding tert-OH is 1. The Hall–Kier alpha value is -2.45. The van der Waals surface area contributed by atoms with Crippen LogP contribution in [0, 0.1) is 0 Å². The lowest BCUT2D eigenvalue weighted by Crippen LogP contribution is -2.16. The highest BCUT2D eigenvalue weighted by Crippen LogP contribution is 2.42. The van der Waals surface area contributed by atoms with Crippen LogP contribution in [0.5, 0.6) is 5.75 Å². The van der Waals surface area contributed by atoms with E-state index in [1.165, 1.54) is 18.2 Å². The molecule has 164 valence electrons. The van der Waals surface area contributed by atoms with E-state index in [9.17, 15) is 13.5 Å². The third-order valence-corrected chi connectivity index (χ3v) is 6.44. The Bertz CT molecular complexity index is 1060. The minimum absolute atomic E-state index is 0.0144. The van der Waals surface area contributed by atoms with Gasteiger partial charge in [-0.25, -0.2) is 8.42 Å². The van der Waals surface area contributed by atoms with Crippen molar-refractivity contribution < 1.29 is 18.6 Å². The van der Waals surface area contributed by atoms with Crippen molar-refractivity contribution in [2.75, 3.05) is 18.1 Å². The zero-order valence-corrected chi connectivity index (χ0v) is 19.2. The number of phenols is 1. The molecule has 0 heterocycles. The number of phenolic OH excluding ortho intramolecular Hbond substituents is 1. The second-order valence-electron chi connectivity index (χ2n) is 9.35. The Labute approximate surface area is 178 Å². The summed E-state index contributed by atoms with van der Waals surface area (Å²) in [5.74, 6) is -0.323. The van der Waals surface area contributed by atoms with Crippen LogP contribution in [-0.2, 0) is 20.7 Å². The minimum atomic E-state index is -3.61. The maximum absolute atomic E-state index is 12.1. The predicted molar refractivity (Wildman–Crippen MR) is 120 cm³/mol. The fourth-order valence-corrected chi connectivity index (χ4v) is 3.92. The largest absolute Gasteiger partial charge is 0.505 e. The molecule has 7 nitrogen and oxygen atoms in total. The first-order valence-electron chi connectivity index (χ1n) is 9.69. The normalized spacial score (nSPS) is 13.2. The second kappa shape index (κ2) is 8.35. The Morgan fingerprint density at radius 2 is 1.53 bits per heavy atom. The summed E-state index contributed by atoms with van der Waals surface area (Å²) in [7, 11) is -3.61. The van der Waals surface area contributed by atoms with Gasteiger partial charge in [-0.15, -0.1) is 10.2 Å². The zero-order chi connectivity index (χ0) is 22.9. The first-order valence-corrected chi connectivity index (χ1v) is 11.3. The number of benzene rings is 2. The monoisotopic (exact) mass is 433 g/mol. The Balaban J connectivity index is 2.52. The number of azo groups is 1. The molecular weight excluding hydrogens is 402 g/mol. The molecule has 0 spiro atoms. The van der Waals surface area contributed by atoms with Crippen molar-refractivity contribution in [1.82, 2.24) is 0 Å². The number of anilines is 1. The zero-order valence-electron chi connectivity index (χ0n) is 18.4. The van der Waals surface area contributed by atoms with Crippen LogP contribution in [0.15, 0.2) is 45.5 Å². The van der Waals surface area contributed by atoms with Crippen molar-refractivity contribution in [1.29, 1.82) is 0 Å². The summed E-state index contributed by atoms with van der Waals surface area (Å²) in [6.07, 6.45) is 0. The van der Waals surface area contributed by atoms with Crippen LogP contribution in [0.4, 0.5) is 17.1 Å². The molecule has 2 aromatic carbocycles. The van der Waals surface area contributed by atoms with Gasteiger partial charge in [0.25, 0.3) is 0 Å². The third-order valence-electron chi connectivity index (χ3n) is 4.75. The van der Waals surface area contributed by atoms with Gasteiger partial charge in [0, 0.05) is 5.56 Å². The molecule has 0 aromatic heterocycles. The molecule has 0 bridgehead atoms. The number of aromatic hydroxyl groups is 1. The Morgan fingerprint density at radius 3 is 2.03 bits per heavy atom. The second-order valence-corrected chi connectivity index (χ2v) is 11.5. The van der Waals surface area contributed by atoms with Crippen LogP contribution in [-0.4, -0.2) is 31.0 Å². The molecule has 0 aliphatic rings. The van der Waals surface area contributed by atoms with Crippen molar-refractivity contribution in [3.8, 4) is 5.75 Å². The fourth-order valence-electron chi connectivity index (χ4n) is 2.86. The van der Waals surface area contributed by atoms with E-state index >= 15 is 0 Å². The predicted octanol–water partition coefficient (Wildman–Crippen LogP) is 4.75. The number of sulfone groups is 1. The standard InChI is InChI=1S/C22H31N3O4S/c1-21(2,3)14-11-16(22(4,5)6)20(27)19(12-14)25-24-18-8-7-15(13-17(18)23)30(28,29)10-9-26/h7-8,11-13,26-27H,9-10,23H2,1-6H3. The topological polar surface area (TPSA) is 125 Å². The third kappa shape index (κ3) is 5.37. The minimum Gasteiger partial charge on any atom is -0.505 e. The lowest BCUT2D eigenvalue weighted by atomic mass is 9.80. The highest BCUT2D eigenvalue weighted by atomic mass is 32.2. The number of aliphatic hydroxyl groups is 1. The van der Waals surface area contributed by atoms with Crippen LogP contribution in [0.1, 0.15) is 52.7 Å². The number of nitrogens with zero attached hydrogens (tertiary/aromatic N) is 2. The van der Waals surface area contributed by atoms with Crippen molar-refractivity contribution in [2.24, 2.45) is 10.2 Å². The SMILES string of the molecule is CC(C)(C)c1cc(N=Nc2ccc(S(=O)(=O)CCO)cc2N)c(O)c(C(C)(C)C)c1. The van der Waals surface area contributed by atoms with E-state index in [2.05, 4.69) is 31.0 Å². The van der Waals surface area contributed by atoms with E-state index in [0.717, 1.165) is 11.1 Å². The summed E-state index contributed by atoms with van der Waals surface area (Å²) < 4.78 is 24.2. The average molecular weight is 434 g/mol. The highest BCUT2D eigenvalue weighted by Gasteiger charge is 2.25. The van der Waals surface area contributed by atoms with Gasteiger partial charge in [-0.2, -0.15) is 0 Å². The maximum atomic E-state index is 12.1. The van der Waals surface area contributed by atoms with Crippen molar-refractivity contribution in [2.45, 2.75) is 57.3 Å². The number of hydrogen-bond acceptors (Lipinski definition) is 7. The van der Waals surface area contributed by atoms with Crippen molar-refractivity contribution in [3.63, 3.8) is 0 Å². The summed E-state index contributed by atoms with van der Waals surface area (Å²) in [6, 6.07) is 7.92. The highest BCUT2D eigenvalue weighted by molar-refractivity contribution is 7.91. The van der Waals surface area contributed by atoms with Crippen molar-refractivity contribution >= 4 is 26.9 Å². The van der Waals surface area contributed by atoms with Gasteiger partial charge in [-0.3, -0.25) is 0 Å². The first kappa shape index (κ1) is 23.8. The van der Waals surface area contributed by atoms with E-state index in [4.69, 9.17) is 10.8 Å². The molecule has 8 heteroatoms. The van der Waals surface area contributed by atoms with Gasteiger partial charge >= 0.3 is 0 Å². The van der Waals surface area contributed by atoms with Crippen LogP contribution >= 0.6 is 0 Å². The molecular formula is C22H31N3O4S. The van der Waals surface area contributed by atoms with Gasteiger partial charge < -0.3 is 15.9 Å². The van der Waals surface area contributed by atoms with Gasteiger partial charge in [0.05, 0.1) is 22.9 Å². The lowest BCUT2D eigenvalue weighted by Gasteiger charge is -2.26. The first-order chi connectivity index (χ1) is 13.7. The molecule has 0 saturated heterocycles. The van der Waals surface area contributed by atoms with Crippen LogP contribution in [0.3, 0.4) is 0 Å². The number of rotatable bonds is 5. The number of nitrogens with two attached hydrogens (primary N) is 1. The van der Waals surface area contributed by atoms with E-state index < -0.39 is 16.4 Å². The van der Waals surface area contributed by atoms with Gasteiger partial charge in [-0.1, -0.05) is 47.6 Å². The quantitative estimate of drug-likeness (QED) is 0.463. The summed E-state index contributed by atoms with van der Waals surface area (Å²) >= 11 is 0. The summed E-state index contributed by atoms with van der Waals surface area (Å²) in [5, 5.41) is 28.1. The van der Waals surface area contributed by atoms with E-state index in [-0.39, 0.29) is 38.6 Å². The Kier molecular flexibility index (Phi) is 6.63. The molecule has 2 aromatic rings. The Morgan fingerprint density at radius 1 is 0.933 bits per heavy atom. The van der Waals surface area contributed by atoms with Crippen LogP contribution in [0.25, 0.3) is 0 Å². The van der Waals surface area contributed by atoms with Crippen molar-refractivity contribution in [3.05, 3.63) is 41.5 Å². The summed E-state index contributed by atoms with van der Waals surface area (Å²) in [4.78, 5) is 0.0144. The van der Waals surface area contributed by atoms with Gasteiger partial charge in [0.2, 0.25) is 0 Å². The molecule has 0 aliphatic carbocycles. The number of hydrogen-bond donors (Lipinski definition) is 3. The lowest BCUT2D eigenvalue weighted by molar-refractivity contribution is 0.319. The van der Waals surface area contributed by atoms with Crippen LogP contribution < -0.4 is 5.73 Å². The molecule has 0 unspecified atom stereocenters. The molecule has 4 N–H and O–H groups in total. The molecule has 0 saturated carbocycles. The van der Waals surface area contributed by atoms with Gasteiger partial charge in [0.1, 0.15) is 17.1 Å².